The lowest BCUT2D eigenvalue weighted by molar-refractivity contribution is 0.690. The molecule has 6 aromatic carbocycles. The van der Waals surface area contributed by atoms with Crippen molar-refractivity contribution in [1.29, 1.82) is 0 Å². The number of allylic oxidation sites excluding steroid dienone is 2. The molecule has 0 fully saturated rings. The Morgan fingerprint density at radius 1 is 0.420 bits per heavy atom. The normalized spacial score (nSPS) is 12.0. The first-order valence-corrected chi connectivity index (χ1v) is 17.9. The second-order valence-electron chi connectivity index (χ2n) is 12.7. The molecule has 6 rings (SSSR count). The van der Waals surface area contributed by atoms with Gasteiger partial charge in [-0.2, -0.15) is 0 Å². The van der Waals surface area contributed by atoms with Crippen molar-refractivity contribution in [3.8, 4) is 0 Å². The molecule has 250 valence electrons. The average Bonchev–Trinajstić information content (AvgIpc) is 3.18. The number of rotatable bonds is 13. The lowest BCUT2D eigenvalue weighted by Gasteiger charge is -2.31. The van der Waals surface area contributed by atoms with E-state index < -0.39 is 0 Å². The summed E-state index contributed by atoms with van der Waals surface area (Å²) >= 11 is 0. The van der Waals surface area contributed by atoms with Crippen LogP contribution in [-0.2, 0) is 0 Å². The van der Waals surface area contributed by atoms with Crippen molar-refractivity contribution in [1.82, 2.24) is 0 Å². The molecule has 0 heterocycles. The van der Waals surface area contributed by atoms with E-state index in [1.165, 1.54) is 55.9 Å². The fourth-order valence-electron chi connectivity index (χ4n) is 7.01. The van der Waals surface area contributed by atoms with Gasteiger partial charge in [-0.3, -0.25) is 0 Å². The minimum Gasteiger partial charge on any atom is -0.365 e. The quantitative estimate of drug-likeness (QED) is 0.115. The van der Waals surface area contributed by atoms with Crippen LogP contribution in [0.5, 0.6) is 0 Å². The van der Waals surface area contributed by atoms with Gasteiger partial charge in [0.1, 0.15) is 0 Å². The molecule has 0 amide bonds. The van der Waals surface area contributed by atoms with Gasteiger partial charge in [-0.05, 0) is 96.5 Å². The Labute approximate surface area is 299 Å². The minimum absolute atomic E-state index is 0.243. The van der Waals surface area contributed by atoms with Crippen LogP contribution in [0, 0.1) is 0 Å². The summed E-state index contributed by atoms with van der Waals surface area (Å²) in [7, 11) is 0. The second kappa shape index (κ2) is 16.7. The zero-order valence-corrected chi connectivity index (χ0v) is 29.8. The monoisotopic (exact) mass is 652 g/mol. The first-order chi connectivity index (χ1) is 24.6. The summed E-state index contributed by atoms with van der Waals surface area (Å²) in [5.41, 5.74) is 12.2. The van der Waals surface area contributed by atoms with Crippen LogP contribution in [0.25, 0.3) is 11.1 Å². The molecule has 0 N–H and O–H groups in total. The van der Waals surface area contributed by atoms with Gasteiger partial charge in [-0.15, -0.1) is 0 Å². The van der Waals surface area contributed by atoms with Gasteiger partial charge in [0.05, 0.1) is 12.1 Å². The maximum absolute atomic E-state index is 2.49. The first kappa shape index (κ1) is 34.3. The van der Waals surface area contributed by atoms with E-state index >= 15 is 0 Å². The minimum atomic E-state index is 0.243. The number of hydrogen-bond donors (Lipinski definition) is 0. The lowest BCUT2D eigenvalue weighted by Crippen LogP contribution is -2.26. The highest BCUT2D eigenvalue weighted by Crippen LogP contribution is 2.35. The van der Waals surface area contributed by atoms with Gasteiger partial charge in [0.15, 0.2) is 0 Å². The molecule has 50 heavy (non-hydrogen) atoms. The predicted octanol–water partition coefficient (Wildman–Crippen LogP) is 12.4. The van der Waals surface area contributed by atoms with Crippen LogP contribution in [0.4, 0.5) is 11.4 Å². The summed E-state index contributed by atoms with van der Waals surface area (Å²) in [6.07, 6.45) is 4.62. The second-order valence-corrected chi connectivity index (χ2v) is 12.7. The van der Waals surface area contributed by atoms with E-state index in [9.17, 15) is 0 Å². The number of hydrogen-bond acceptors (Lipinski definition) is 2. The SMILES string of the molecule is CCN(c1cccc(C(=CC=C(c2ccccc2)c2ccccc2)c2cccc(N(CC)C(C)c3ccccc3)c2)c1)C(C)c1ccccc1. The molecular formula is C48H48N2. The van der Waals surface area contributed by atoms with Crippen molar-refractivity contribution in [2.45, 2.75) is 39.8 Å². The van der Waals surface area contributed by atoms with E-state index in [-0.39, 0.29) is 12.1 Å². The average molecular weight is 653 g/mol. The van der Waals surface area contributed by atoms with Gasteiger partial charge < -0.3 is 9.80 Å². The van der Waals surface area contributed by atoms with Crippen LogP contribution in [0.3, 0.4) is 0 Å². The number of nitrogens with zero attached hydrogens (tertiary/aromatic N) is 2. The molecule has 0 aliphatic rings. The summed E-state index contributed by atoms with van der Waals surface area (Å²) in [5, 5.41) is 0. The molecule has 0 saturated carbocycles. The molecule has 2 heteroatoms. The Bertz CT molecular complexity index is 1860. The standard InChI is InChI=1S/C48H48N2/c1-5-49(37(3)39-21-11-7-12-22-39)45-31-19-29-43(35-45)48(34-33-47(41-25-15-9-16-26-41)42-27-17-10-18-28-42)44-30-20-32-46(36-44)50(6-2)38(4)40-23-13-8-14-24-40/h7-38H,5-6H2,1-4H3. The molecule has 0 radical (unpaired) electrons. The molecule has 0 aliphatic heterocycles. The van der Waals surface area contributed by atoms with E-state index in [1.807, 2.05) is 0 Å². The van der Waals surface area contributed by atoms with E-state index in [0.717, 1.165) is 13.1 Å². The summed E-state index contributed by atoms with van der Waals surface area (Å²) < 4.78 is 0. The van der Waals surface area contributed by atoms with Crippen molar-refractivity contribution in [2.75, 3.05) is 22.9 Å². The van der Waals surface area contributed by atoms with Crippen LogP contribution < -0.4 is 9.80 Å². The maximum atomic E-state index is 2.49. The summed E-state index contributed by atoms with van der Waals surface area (Å²) in [5.74, 6) is 0. The molecule has 2 unspecified atom stereocenters. The van der Waals surface area contributed by atoms with Crippen LogP contribution in [0.2, 0.25) is 0 Å². The lowest BCUT2D eigenvalue weighted by atomic mass is 9.93. The smallest absolute Gasteiger partial charge is 0.0514 e. The number of benzene rings is 6. The van der Waals surface area contributed by atoms with E-state index in [2.05, 4.69) is 220 Å². The Balaban J connectivity index is 1.49. The van der Waals surface area contributed by atoms with Crippen LogP contribution in [-0.4, -0.2) is 13.1 Å². The Hall–Kier alpha value is -5.60. The van der Waals surface area contributed by atoms with Gasteiger partial charge >= 0.3 is 0 Å². The third-order valence-corrected chi connectivity index (χ3v) is 9.74. The third kappa shape index (κ3) is 7.98. The topological polar surface area (TPSA) is 6.48 Å². The zero-order valence-electron chi connectivity index (χ0n) is 29.8. The Kier molecular flexibility index (Phi) is 11.4. The largest absolute Gasteiger partial charge is 0.365 e. The van der Waals surface area contributed by atoms with E-state index in [0.29, 0.717) is 0 Å². The molecule has 2 nitrogen and oxygen atoms in total. The predicted molar refractivity (Wildman–Crippen MR) is 216 cm³/mol. The van der Waals surface area contributed by atoms with Gasteiger partial charge in [0.2, 0.25) is 0 Å². The molecule has 0 spiro atoms. The fourth-order valence-corrected chi connectivity index (χ4v) is 7.01. The zero-order chi connectivity index (χ0) is 34.7. The van der Waals surface area contributed by atoms with Crippen molar-refractivity contribution < 1.29 is 0 Å². The van der Waals surface area contributed by atoms with E-state index in [4.69, 9.17) is 0 Å². The highest BCUT2D eigenvalue weighted by atomic mass is 15.2. The van der Waals surface area contributed by atoms with Gasteiger partial charge in [-0.1, -0.05) is 158 Å². The van der Waals surface area contributed by atoms with Crippen LogP contribution in [0.1, 0.15) is 73.2 Å². The first-order valence-electron chi connectivity index (χ1n) is 17.9. The van der Waals surface area contributed by atoms with Crippen molar-refractivity contribution >= 4 is 22.5 Å². The van der Waals surface area contributed by atoms with Crippen molar-refractivity contribution in [3.05, 3.63) is 215 Å². The maximum Gasteiger partial charge on any atom is 0.0514 e. The Morgan fingerprint density at radius 3 is 1.10 bits per heavy atom. The molecule has 0 saturated heterocycles. The molecule has 0 bridgehead atoms. The highest BCUT2D eigenvalue weighted by Gasteiger charge is 2.18. The van der Waals surface area contributed by atoms with Gasteiger partial charge in [-0.25, -0.2) is 0 Å². The van der Waals surface area contributed by atoms with Crippen molar-refractivity contribution in [2.24, 2.45) is 0 Å². The van der Waals surface area contributed by atoms with Crippen LogP contribution >= 0.6 is 0 Å². The number of anilines is 2. The van der Waals surface area contributed by atoms with Gasteiger partial charge in [0.25, 0.3) is 0 Å². The third-order valence-electron chi connectivity index (χ3n) is 9.74. The van der Waals surface area contributed by atoms with Crippen molar-refractivity contribution in [3.63, 3.8) is 0 Å². The highest BCUT2D eigenvalue weighted by molar-refractivity contribution is 5.87. The van der Waals surface area contributed by atoms with Gasteiger partial charge in [0, 0.05) is 24.5 Å². The summed E-state index contributed by atoms with van der Waals surface area (Å²) in [6, 6.07) is 61.6. The van der Waals surface area contributed by atoms with E-state index in [1.54, 1.807) is 0 Å². The molecular weight excluding hydrogens is 605 g/mol. The summed E-state index contributed by atoms with van der Waals surface area (Å²) in [6.45, 7) is 10.9. The fraction of sp³-hybridized carbons (Fsp3) is 0.167. The Morgan fingerprint density at radius 2 is 0.740 bits per heavy atom. The molecule has 0 aliphatic carbocycles. The summed E-state index contributed by atoms with van der Waals surface area (Å²) in [4.78, 5) is 4.98. The molecule has 6 aromatic rings. The van der Waals surface area contributed by atoms with Crippen LogP contribution in [0.15, 0.2) is 182 Å². The molecule has 2 atom stereocenters. The molecule has 0 aromatic heterocycles.